The zero-order valence-corrected chi connectivity index (χ0v) is 12.7. The molecule has 3 aromatic rings. The topological polar surface area (TPSA) is 48.0 Å². The highest BCUT2D eigenvalue weighted by Gasteiger charge is 2.16. The first kappa shape index (κ1) is 14.5. The Bertz CT molecular complexity index is 790. The highest BCUT2D eigenvalue weighted by Crippen LogP contribution is 2.31. The van der Waals surface area contributed by atoms with Gasteiger partial charge in [0.25, 0.3) is 0 Å². The number of carbonyl (C=O) groups excluding carboxylic acids is 1. The van der Waals surface area contributed by atoms with Gasteiger partial charge in [-0.2, -0.15) is 0 Å². The van der Waals surface area contributed by atoms with E-state index in [1.807, 2.05) is 30.3 Å². The third-order valence-corrected chi connectivity index (χ3v) is 3.94. The summed E-state index contributed by atoms with van der Waals surface area (Å²) in [6, 6.07) is 20.6. The van der Waals surface area contributed by atoms with Gasteiger partial charge in [-0.25, -0.2) is 0 Å². The molecule has 0 radical (unpaired) electrons. The number of ketones is 1. The van der Waals surface area contributed by atoms with Gasteiger partial charge in [0.1, 0.15) is 5.78 Å². The Morgan fingerprint density at radius 3 is 2.50 bits per heavy atom. The zero-order chi connectivity index (χ0) is 15.5. The van der Waals surface area contributed by atoms with Crippen LogP contribution < -0.4 is 5.73 Å². The van der Waals surface area contributed by atoms with Crippen LogP contribution in [-0.2, 0) is 4.79 Å². The molecule has 3 heteroatoms. The van der Waals surface area contributed by atoms with Crippen LogP contribution >= 0.6 is 0 Å². The molecular formula is C19H20N2O. The largest absolute Gasteiger partial charge is 0.324 e. The Hall–Kier alpha value is -2.39. The number of hydrogen-bond donors (Lipinski definition) is 1. The lowest BCUT2D eigenvalue weighted by Crippen LogP contribution is -2.20. The van der Waals surface area contributed by atoms with Gasteiger partial charge in [-0.15, -0.1) is 0 Å². The minimum absolute atomic E-state index is 0.174. The number of benzene rings is 2. The maximum Gasteiger partial charge on any atom is 0.129 e. The SMILES string of the molecule is CC(=O)CCC(N)n1c(-c2ccccc2)cc2ccccc21. The van der Waals surface area contributed by atoms with Gasteiger partial charge in [0.05, 0.1) is 11.9 Å². The summed E-state index contributed by atoms with van der Waals surface area (Å²) >= 11 is 0. The first-order chi connectivity index (χ1) is 10.7. The first-order valence-corrected chi connectivity index (χ1v) is 7.57. The molecule has 0 amide bonds. The third kappa shape index (κ3) is 2.81. The van der Waals surface area contributed by atoms with Crippen molar-refractivity contribution in [3.8, 4) is 11.3 Å². The Kier molecular flexibility index (Phi) is 4.07. The van der Waals surface area contributed by atoms with Crippen molar-refractivity contribution in [1.82, 2.24) is 4.57 Å². The second kappa shape index (κ2) is 6.16. The molecule has 0 fully saturated rings. The average Bonchev–Trinajstić information content (AvgIpc) is 2.93. The summed E-state index contributed by atoms with van der Waals surface area (Å²) in [5.74, 6) is 0.174. The Morgan fingerprint density at radius 1 is 1.09 bits per heavy atom. The van der Waals surface area contributed by atoms with E-state index in [0.29, 0.717) is 12.8 Å². The Labute approximate surface area is 130 Å². The average molecular weight is 292 g/mol. The van der Waals surface area contributed by atoms with Gasteiger partial charge in [-0.1, -0.05) is 48.5 Å². The third-order valence-electron chi connectivity index (χ3n) is 3.94. The molecule has 2 aromatic carbocycles. The van der Waals surface area contributed by atoms with Gasteiger partial charge in [-0.05, 0) is 31.0 Å². The van der Waals surface area contributed by atoms with Gasteiger partial charge in [0.2, 0.25) is 0 Å². The first-order valence-electron chi connectivity index (χ1n) is 7.57. The van der Waals surface area contributed by atoms with E-state index in [4.69, 9.17) is 5.73 Å². The predicted octanol–water partition coefficient (Wildman–Crippen LogP) is 4.13. The predicted molar refractivity (Wildman–Crippen MR) is 90.5 cm³/mol. The smallest absolute Gasteiger partial charge is 0.129 e. The number of nitrogens with zero attached hydrogens (tertiary/aromatic N) is 1. The Balaban J connectivity index is 2.11. The van der Waals surface area contributed by atoms with Crippen molar-refractivity contribution >= 4 is 16.7 Å². The monoisotopic (exact) mass is 292 g/mol. The van der Waals surface area contributed by atoms with Crippen molar-refractivity contribution in [3.05, 3.63) is 60.7 Å². The van der Waals surface area contributed by atoms with Crippen molar-refractivity contribution in [3.63, 3.8) is 0 Å². The summed E-state index contributed by atoms with van der Waals surface area (Å²) in [5, 5.41) is 1.17. The van der Waals surface area contributed by atoms with Crippen LogP contribution in [0.2, 0.25) is 0 Å². The second-order valence-corrected chi connectivity index (χ2v) is 5.63. The van der Waals surface area contributed by atoms with Crippen LogP contribution in [0, 0.1) is 0 Å². The normalized spacial score (nSPS) is 12.5. The summed E-state index contributed by atoms with van der Waals surface area (Å²) in [6.45, 7) is 1.61. The van der Waals surface area contributed by atoms with Crippen LogP contribution in [0.5, 0.6) is 0 Å². The molecule has 0 saturated carbocycles. The van der Waals surface area contributed by atoms with E-state index >= 15 is 0 Å². The summed E-state index contributed by atoms with van der Waals surface area (Å²) in [5.41, 5.74) is 9.74. The van der Waals surface area contributed by atoms with E-state index in [1.54, 1.807) is 6.92 Å². The summed E-state index contributed by atoms with van der Waals surface area (Å²) in [7, 11) is 0. The lowest BCUT2D eigenvalue weighted by Gasteiger charge is -2.18. The summed E-state index contributed by atoms with van der Waals surface area (Å²) in [4.78, 5) is 11.3. The van der Waals surface area contributed by atoms with E-state index < -0.39 is 0 Å². The molecule has 1 aromatic heterocycles. The minimum Gasteiger partial charge on any atom is -0.324 e. The molecule has 0 aliphatic heterocycles. The molecule has 3 rings (SSSR count). The molecule has 3 nitrogen and oxygen atoms in total. The highest BCUT2D eigenvalue weighted by molar-refractivity contribution is 5.87. The summed E-state index contributed by atoms with van der Waals surface area (Å²) < 4.78 is 2.15. The molecule has 2 N–H and O–H groups in total. The van der Waals surface area contributed by atoms with Gasteiger partial charge >= 0.3 is 0 Å². The standard InChI is InChI=1S/C19H20N2O/c1-14(22)11-12-19(20)21-17-10-6-5-9-16(17)13-18(21)15-7-3-2-4-8-15/h2-10,13,19H,11-12,20H2,1H3. The summed E-state index contributed by atoms with van der Waals surface area (Å²) in [6.07, 6.45) is 0.939. The lowest BCUT2D eigenvalue weighted by atomic mass is 10.1. The van der Waals surface area contributed by atoms with Gasteiger partial charge in [0.15, 0.2) is 0 Å². The number of Topliss-reactive ketones (excluding diaryl/α,β-unsaturated/α-hetero) is 1. The van der Waals surface area contributed by atoms with Crippen molar-refractivity contribution < 1.29 is 4.79 Å². The lowest BCUT2D eigenvalue weighted by molar-refractivity contribution is -0.117. The molecule has 0 aliphatic carbocycles. The molecule has 0 bridgehead atoms. The van der Waals surface area contributed by atoms with Crippen LogP contribution in [-0.4, -0.2) is 10.4 Å². The van der Waals surface area contributed by atoms with E-state index in [-0.39, 0.29) is 11.9 Å². The van der Waals surface area contributed by atoms with Crippen LogP contribution in [0.25, 0.3) is 22.2 Å². The van der Waals surface area contributed by atoms with Crippen molar-refractivity contribution in [2.45, 2.75) is 25.9 Å². The Morgan fingerprint density at radius 2 is 1.77 bits per heavy atom. The van der Waals surface area contributed by atoms with Crippen LogP contribution in [0.15, 0.2) is 60.7 Å². The molecular weight excluding hydrogens is 272 g/mol. The van der Waals surface area contributed by atoms with Gasteiger partial charge < -0.3 is 15.1 Å². The van der Waals surface area contributed by atoms with E-state index in [1.165, 1.54) is 5.39 Å². The van der Waals surface area contributed by atoms with Crippen LogP contribution in [0.4, 0.5) is 0 Å². The number of carbonyl (C=O) groups is 1. The van der Waals surface area contributed by atoms with Gasteiger partial charge in [-0.3, -0.25) is 0 Å². The number of fused-ring (bicyclic) bond motifs is 1. The fourth-order valence-electron chi connectivity index (χ4n) is 2.84. The van der Waals surface area contributed by atoms with E-state index in [0.717, 1.165) is 16.8 Å². The minimum atomic E-state index is -0.209. The maximum absolute atomic E-state index is 11.3. The molecule has 0 saturated heterocycles. The van der Waals surface area contributed by atoms with E-state index in [9.17, 15) is 4.79 Å². The molecule has 112 valence electrons. The number of aromatic nitrogens is 1. The van der Waals surface area contributed by atoms with E-state index in [2.05, 4.69) is 34.9 Å². The molecule has 22 heavy (non-hydrogen) atoms. The fraction of sp³-hybridized carbons (Fsp3) is 0.211. The highest BCUT2D eigenvalue weighted by atomic mass is 16.1. The molecule has 0 spiro atoms. The number of nitrogens with two attached hydrogens (primary N) is 1. The zero-order valence-electron chi connectivity index (χ0n) is 12.7. The number of para-hydroxylation sites is 1. The van der Waals surface area contributed by atoms with Crippen molar-refractivity contribution in [1.29, 1.82) is 0 Å². The van der Waals surface area contributed by atoms with Crippen LogP contribution in [0.3, 0.4) is 0 Å². The van der Waals surface area contributed by atoms with Gasteiger partial charge in [0, 0.05) is 17.3 Å². The molecule has 0 aliphatic rings. The molecule has 1 heterocycles. The number of rotatable bonds is 5. The maximum atomic E-state index is 11.3. The molecule has 1 unspecified atom stereocenters. The second-order valence-electron chi connectivity index (χ2n) is 5.63. The fourth-order valence-corrected chi connectivity index (χ4v) is 2.84. The van der Waals surface area contributed by atoms with Crippen molar-refractivity contribution in [2.24, 2.45) is 5.73 Å². The molecule has 1 atom stereocenters. The van der Waals surface area contributed by atoms with Crippen LogP contribution in [0.1, 0.15) is 25.9 Å². The van der Waals surface area contributed by atoms with Crippen molar-refractivity contribution in [2.75, 3.05) is 0 Å². The quantitative estimate of drug-likeness (QED) is 0.768. The number of hydrogen-bond acceptors (Lipinski definition) is 2.